The second-order valence-electron chi connectivity index (χ2n) is 6.05. The minimum Gasteiger partial charge on any atom is -0.373 e. The molecular formula is C16H23N3O3S. The van der Waals surface area contributed by atoms with Crippen LogP contribution in [0.4, 0.5) is 0 Å². The zero-order chi connectivity index (χ0) is 17.0. The number of nitriles is 1. The molecule has 0 aromatic heterocycles. The summed E-state index contributed by atoms with van der Waals surface area (Å²) in [6, 6.07) is 8.05. The van der Waals surface area contributed by atoms with Crippen molar-refractivity contribution in [2.45, 2.75) is 43.9 Å². The van der Waals surface area contributed by atoms with E-state index in [-0.39, 0.29) is 23.1 Å². The summed E-state index contributed by atoms with van der Waals surface area (Å²) in [5, 5.41) is 8.88. The molecule has 0 bridgehead atoms. The number of hydrogen-bond acceptors (Lipinski definition) is 5. The van der Waals surface area contributed by atoms with Crippen LogP contribution in [0.25, 0.3) is 0 Å². The molecule has 2 rings (SSSR count). The summed E-state index contributed by atoms with van der Waals surface area (Å²) in [5.41, 5.74) is 0.330. The second-order valence-corrected chi connectivity index (χ2v) is 7.82. The van der Waals surface area contributed by atoms with Gasteiger partial charge in [0.2, 0.25) is 10.0 Å². The summed E-state index contributed by atoms with van der Waals surface area (Å²) in [6.07, 6.45) is 0.287. The van der Waals surface area contributed by atoms with E-state index in [1.54, 1.807) is 12.1 Å². The van der Waals surface area contributed by atoms with Gasteiger partial charge in [-0.15, -0.1) is 0 Å². The van der Waals surface area contributed by atoms with Crippen LogP contribution in [0.3, 0.4) is 0 Å². The van der Waals surface area contributed by atoms with Gasteiger partial charge in [0.05, 0.1) is 28.7 Å². The Kier molecular flexibility index (Phi) is 5.76. The van der Waals surface area contributed by atoms with Gasteiger partial charge >= 0.3 is 0 Å². The molecule has 0 aliphatic carbocycles. The van der Waals surface area contributed by atoms with Gasteiger partial charge in [0.25, 0.3) is 0 Å². The lowest BCUT2D eigenvalue weighted by atomic mass is 10.2. The summed E-state index contributed by atoms with van der Waals surface area (Å²) in [5.74, 6) is 0. The third kappa shape index (κ3) is 4.75. The van der Waals surface area contributed by atoms with E-state index in [9.17, 15) is 8.42 Å². The smallest absolute Gasteiger partial charge is 0.240 e. The van der Waals surface area contributed by atoms with E-state index in [1.807, 2.05) is 26.8 Å². The Morgan fingerprint density at radius 2 is 2.04 bits per heavy atom. The molecule has 6 nitrogen and oxygen atoms in total. The topological polar surface area (TPSA) is 82.4 Å². The van der Waals surface area contributed by atoms with Gasteiger partial charge in [-0.05, 0) is 39.0 Å². The van der Waals surface area contributed by atoms with Crippen molar-refractivity contribution in [3.63, 3.8) is 0 Å². The van der Waals surface area contributed by atoms with Gasteiger partial charge < -0.3 is 4.74 Å². The molecule has 1 heterocycles. The summed E-state index contributed by atoms with van der Waals surface area (Å²) in [7, 11) is -3.61. The zero-order valence-corrected chi connectivity index (χ0v) is 14.5. The number of hydrogen-bond donors (Lipinski definition) is 1. The van der Waals surface area contributed by atoms with Crippen molar-refractivity contribution < 1.29 is 13.2 Å². The van der Waals surface area contributed by atoms with Crippen molar-refractivity contribution in [2.24, 2.45) is 0 Å². The van der Waals surface area contributed by atoms with Crippen molar-refractivity contribution >= 4 is 10.0 Å². The van der Waals surface area contributed by atoms with Crippen LogP contribution in [0.1, 0.15) is 26.3 Å². The number of nitrogens with one attached hydrogen (secondary N) is 1. The predicted octanol–water partition coefficient (Wildman–Crippen LogP) is 1.33. The van der Waals surface area contributed by atoms with Crippen molar-refractivity contribution in [2.75, 3.05) is 19.6 Å². The van der Waals surface area contributed by atoms with E-state index >= 15 is 0 Å². The first-order chi connectivity index (χ1) is 10.8. The normalized spacial score (nSPS) is 24.1. The monoisotopic (exact) mass is 337 g/mol. The van der Waals surface area contributed by atoms with Gasteiger partial charge in [-0.25, -0.2) is 13.1 Å². The standard InChI is InChI=1S/C16H23N3O3S/c1-12(19-10-13(2)22-14(3)11-19)9-18-23(20,21)16-6-4-5-15(7-16)8-17/h4-7,12-14,18H,9-11H2,1-3H3/t12-,13-,14+/m1/s1. The van der Waals surface area contributed by atoms with E-state index in [0.717, 1.165) is 13.1 Å². The van der Waals surface area contributed by atoms with Crippen LogP contribution in [0.2, 0.25) is 0 Å². The molecule has 7 heteroatoms. The highest BCUT2D eigenvalue weighted by atomic mass is 32.2. The molecule has 1 aliphatic heterocycles. The molecule has 126 valence electrons. The number of rotatable bonds is 5. The second kappa shape index (κ2) is 7.41. The molecule has 1 aromatic carbocycles. The van der Waals surface area contributed by atoms with Gasteiger partial charge in [0, 0.05) is 25.7 Å². The SMILES string of the molecule is C[C@@H]1CN([C@H](C)CNS(=O)(=O)c2cccc(C#N)c2)C[C@H](C)O1. The van der Waals surface area contributed by atoms with Gasteiger partial charge in [0.15, 0.2) is 0 Å². The average Bonchev–Trinajstić information content (AvgIpc) is 2.51. The molecule has 0 spiro atoms. The first-order valence-corrected chi connectivity index (χ1v) is 9.19. The molecule has 3 atom stereocenters. The fourth-order valence-electron chi connectivity index (χ4n) is 2.75. The molecule has 1 saturated heterocycles. The molecule has 1 aromatic rings. The molecule has 23 heavy (non-hydrogen) atoms. The molecule has 0 saturated carbocycles. The van der Waals surface area contributed by atoms with Crippen molar-refractivity contribution in [1.29, 1.82) is 5.26 Å². The molecule has 0 unspecified atom stereocenters. The van der Waals surface area contributed by atoms with Crippen molar-refractivity contribution in [3.8, 4) is 6.07 Å². The summed E-state index contributed by atoms with van der Waals surface area (Å²) in [4.78, 5) is 2.35. The molecule has 1 fully saturated rings. The highest BCUT2D eigenvalue weighted by Crippen LogP contribution is 2.14. The van der Waals surface area contributed by atoms with Gasteiger partial charge in [0.1, 0.15) is 0 Å². The van der Waals surface area contributed by atoms with Crippen LogP contribution >= 0.6 is 0 Å². The highest BCUT2D eigenvalue weighted by Gasteiger charge is 2.26. The van der Waals surface area contributed by atoms with Crippen molar-refractivity contribution in [3.05, 3.63) is 29.8 Å². The van der Waals surface area contributed by atoms with E-state index in [2.05, 4.69) is 9.62 Å². The Morgan fingerprint density at radius 1 is 1.39 bits per heavy atom. The number of morpholine rings is 1. The predicted molar refractivity (Wildman–Crippen MR) is 87.4 cm³/mol. The minimum atomic E-state index is -3.61. The quantitative estimate of drug-likeness (QED) is 0.876. The number of sulfonamides is 1. The zero-order valence-electron chi connectivity index (χ0n) is 13.7. The summed E-state index contributed by atoms with van der Waals surface area (Å²) >= 11 is 0. The van der Waals surface area contributed by atoms with Crippen LogP contribution in [-0.2, 0) is 14.8 Å². The Bertz CT molecular complexity index is 674. The summed E-state index contributed by atoms with van der Waals surface area (Å²) in [6.45, 7) is 7.94. The largest absolute Gasteiger partial charge is 0.373 e. The lowest BCUT2D eigenvalue weighted by molar-refractivity contribution is -0.0776. The van der Waals surface area contributed by atoms with E-state index in [4.69, 9.17) is 10.00 Å². The maximum absolute atomic E-state index is 12.4. The van der Waals surface area contributed by atoms with Crippen molar-refractivity contribution in [1.82, 2.24) is 9.62 Å². The van der Waals surface area contributed by atoms with Gasteiger partial charge in [-0.1, -0.05) is 6.07 Å². The molecule has 0 amide bonds. The number of ether oxygens (including phenoxy) is 1. The average molecular weight is 337 g/mol. The Labute approximate surface area is 138 Å². The van der Waals surface area contributed by atoms with Crippen LogP contribution in [0, 0.1) is 11.3 Å². The van der Waals surface area contributed by atoms with Crippen LogP contribution in [0.15, 0.2) is 29.2 Å². The highest BCUT2D eigenvalue weighted by molar-refractivity contribution is 7.89. The molecule has 1 aliphatic rings. The minimum absolute atomic E-state index is 0.0673. The maximum atomic E-state index is 12.4. The van der Waals surface area contributed by atoms with E-state index in [1.165, 1.54) is 12.1 Å². The lowest BCUT2D eigenvalue weighted by Gasteiger charge is -2.38. The van der Waals surface area contributed by atoms with E-state index in [0.29, 0.717) is 12.1 Å². The molecule has 1 N–H and O–H groups in total. The van der Waals surface area contributed by atoms with Gasteiger partial charge in [-0.2, -0.15) is 5.26 Å². The van der Waals surface area contributed by atoms with Gasteiger partial charge in [-0.3, -0.25) is 4.90 Å². The van der Waals surface area contributed by atoms with Crippen LogP contribution in [-0.4, -0.2) is 51.2 Å². The third-order valence-corrected chi connectivity index (χ3v) is 5.33. The summed E-state index contributed by atoms with van der Waals surface area (Å²) < 4.78 is 33.0. The van der Waals surface area contributed by atoms with Crippen LogP contribution in [0.5, 0.6) is 0 Å². The molecule has 0 radical (unpaired) electrons. The first-order valence-electron chi connectivity index (χ1n) is 7.71. The van der Waals surface area contributed by atoms with Crippen LogP contribution < -0.4 is 4.72 Å². The fourth-order valence-corrected chi connectivity index (χ4v) is 3.92. The number of benzene rings is 1. The lowest BCUT2D eigenvalue weighted by Crippen LogP contribution is -2.52. The Morgan fingerprint density at radius 3 is 2.65 bits per heavy atom. The Balaban J connectivity index is 2.00. The first kappa shape index (κ1) is 17.9. The third-order valence-electron chi connectivity index (χ3n) is 3.91. The Hall–Kier alpha value is -1.46. The maximum Gasteiger partial charge on any atom is 0.240 e. The molecular weight excluding hydrogens is 314 g/mol. The van der Waals surface area contributed by atoms with E-state index < -0.39 is 10.0 Å². The fraction of sp³-hybridized carbons (Fsp3) is 0.562. The number of nitrogens with zero attached hydrogens (tertiary/aromatic N) is 2.